The molecule has 0 radical (unpaired) electrons. The molecule has 1 aromatic carbocycles. The maximum absolute atomic E-state index is 13.2. The van der Waals surface area contributed by atoms with E-state index in [4.69, 9.17) is 16.3 Å². The number of rotatable bonds is 4. The van der Waals surface area contributed by atoms with Crippen LogP contribution in [-0.4, -0.2) is 92.9 Å². The van der Waals surface area contributed by atoms with Gasteiger partial charge in [-0.05, 0) is 61.3 Å². The predicted octanol–water partition coefficient (Wildman–Crippen LogP) is 3.63. The van der Waals surface area contributed by atoms with Crippen molar-refractivity contribution in [3.8, 4) is 0 Å². The summed E-state index contributed by atoms with van der Waals surface area (Å²) in [5.74, 6) is -0.707. The number of likely N-dealkylation sites (tertiary alicyclic amines) is 1. The van der Waals surface area contributed by atoms with E-state index in [-0.39, 0.29) is 28.6 Å². The number of halogens is 2. The van der Waals surface area contributed by atoms with E-state index >= 15 is 0 Å². The molecule has 0 bridgehead atoms. The van der Waals surface area contributed by atoms with E-state index in [2.05, 4.69) is 26.2 Å². The summed E-state index contributed by atoms with van der Waals surface area (Å²) in [5.41, 5.74) is 0.169. The summed E-state index contributed by atoms with van der Waals surface area (Å²) in [7, 11) is 1.71. The van der Waals surface area contributed by atoms with Crippen molar-refractivity contribution < 1.29 is 23.9 Å². The molecular weight excluding hydrogens is 592 g/mol. The number of anilines is 1. The van der Waals surface area contributed by atoms with E-state index < -0.39 is 17.6 Å². The molecule has 39 heavy (non-hydrogen) atoms. The highest BCUT2D eigenvalue weighted by Gasteiger charge is 2.36. The van der Waals surface area contributed by atoms with Crippen LogP contribution in [0.25, 0.3) is 0 Å². The Kier molecular flexibility index (Phi) is 8.55. The topological polar surface area (TPSA) is 117 Å². The molecule has 11 nitrogen and oxygen atoms in total. The lowest BCUT2D eigenvalue weighted by atomic mass is 10.1. The third kappa shape index (κ3) is 6.73. The third-order valence-electron chi connectivity index (χ3n) is 6.66. The van der Waals surface area contributed by atoms with Gasteiger partial charge in [0.05, 0.1) is 22.7 Å². The molecule has 1 unspecified atom stereocenters. The van der Waals surface area contributed by atoms with Gasteiger partial charge in [-0.1, -0.05) is 11.6 Å². The van der Waals surface area contributed by atoms with Crippen molar-refractivity contribution in [2.24, 2.45) is 13.0 Å². The second-order valence-corrected chi connectivity index (χ2v) is 11.9. The number of nitrogens with one attached hydrogen (secondary N) is 1. The number of carbonyl (C=O) groups excluding carboxylic acids is 4. The number of imidazole rings is 1. The second-order valence-electron chi connectivity index (χ2n) is 10.6. The molecule has 210 valence electrons. The first-order chi connectivity index (χ1) is 18.3. The average Bonchev–Trinajstić information content (AvgIpc) is 3.50. The zero-order valence-corrected chi connectivity index (χ0v) is 24.7. The number of aromatic nitrogens is 2. The molecule has 13 heteroatoms. The van der Waals surface area contributed by atoms with Gasteiger partial charge in [0.15, 0.2) is 5.82 Å². The van der Waals surface area contributed by atoms with E-state index in [0.717, 1.165) is 0 Å². The van der Waals surface area contributed by atoms with E-state index in [1.165, 1.54) is 12.3 Å². The summed E-state index contributed by atoms with van der Waals surface area (Å²) in [6, 6.07) is 4.72. The molecule has 3 heterocycles. The van der Waals surface area contributed by atoms with Crippen LogP contribution in [0.4, 0.5) is 10.5 Å². The molecule has 1 N–H and O–H groups in total. The first-order valence-corrected chi connectivity index (χ1v) is 13.8. The molecule has 2 aromatic rings. The number of amides is 4. The Morgan fingerprint density at radius 1 is 1.05 bits per heavy atom. The van der Waals surface area contributed by atoms with Gasteiger partial charge in [0, 0.05) is 52.0 Å². The summed E-state index contributed by atoms with van der Waals surface area (Å²) in [6.45, 7) is 7.80. The first-order valence-electron chi connectivity index (χ1n) is 12.7. The molecule has 4 amide bonds. The van der Waals surface area contributed by atoms with Crippen molar-refractivity contribution in [2.45, 2.75) is 32.8 Å². The maximum Gasteiger partial charge on any atom is 0.410 e. The molecule has 1 aromatic heterocycles. The van der Waals surface area contributed by atoms with Gasteiger partial charge in [-0.2, -0.15) is 0 Å². The molecule has 2 fully saturated rings. The quantitative estimate of drug-likeness (QED) is 0.556. The number of ether oxygens (including phenoxy) is 1. The third-order valence-corrected chi connectivity index (χ3v) is 7.71. The van der Waals surface area contributed by atoms with Gasteiger partial charge >= 0.3 is 6.09 Å². The fourth-order valence-corrected chi connectivity index (χ4v) is 5.10. The Morgan fingerprint density at radius 2 is 1.72 bits per heavy atom. The van der Waals surface area contributed by atoms with Gasteiger partial charge in [-0.3, -0.25) is 14.4 Å². The van der Waals surface area contributed by atoms with Gasteiger partial charge < -0.3 is 29.3 Å². The molecule has 1 atom stereocenters. The van der Waals surface area contributed by atoms with Crippen LogP contribution < -0.4 is 5.32 Å². The number of benzene rings is 1. The molecule has 0 spiro atoms. The van der Waals surface area contributed by atoms with Crippen LogP contribution >= 0.6 is 27.5 Å². The monoisotopic (exact) mass is 622 g/mol. The van der Waals surface area contributed by atoms with Gasteiger partial charge in [0.1, 0.15) is 10.2 Å². The summed E-state index contributed by atoms with van der Waals surface area (Å²) in [5, 5.41) is 2.95. The van der Waals surface area contributed by atoms with Crippen LogP contribution in [0, 0.1) is 5.92 Å². The van der Waals surface area contributed by atoms with Crippen LogP contribution in [0.1, 0.15) is 48.2 Å². The van der Waals surface area contributed by atoms with Crippen molar-refractivity contribution >= 4 is 57.0 Å². The highest BCUT2D eigenvalue weighted by atomic mass is 79.9. The largest absolute Gasteiger partial charge is 0.444 e. The van der Waals surface area contributed by atoms with Crippen LogP contribution in [0.2, 0.25) is 5.02 Å². The van der Waals surface area contributed by atoms with Crippen molar-refractivity contribution in [1.82, 2.24) is 24.3 Å². The molecule has 0 aliphatic carbocycles. The standard InChI is InChI=1S/C26H32BrClN6O5/c1-26(2,3)39-25(38)34-8-7-16(15-34)23(36)32-9-11-33(12-10-32)24(37)18-6-5-17(13-19(18)28)30-22(35)21-29-14-20(27)31(21)4/h5-6,13-14,16H,7-12,15H2,1-4H3,(H,30,35). The lowest BCUT2D eigenvalue weighted by molar-refractivity contribution is -0.136. The second kappa shape index (κ2) is 11.5. The van der Waals surface area contributed by atoms with E-state index in [1.807, 2.05) is 20.8 Å². The van der Waals surface area contributed by atoms with Gasteiger partial charge in [-0.25, -0.2) is 9.78 Å². The normalized spacial score (nSPS) is 17.8. The Labute approximate surface area is 240 Å². The number of piperazine rings is 1. The zero-order valence-electron chi connectivity index (χ0n) is 22.4. The Morgan fingerprint density at radius 3 is 2.31 bits per heavy atom. The molecule has 0 saturated carbocycles. The van der Waals surface area contributed by atoms with E-state index in [9.17, 15) is 19.2 Å². The smallest absolute Gasteiger partial charge is 0.410 e. The molecular formula is C26H32BrClN6O5. The molecule has 4 rings (SSSR count). The lowest BCUT2D eigenvalue weighted by Crippen LogP contribution is -2.52. The summed E-state index contributed by atoms with van der Waals surface area (Å²) >= 11 is 9.72. The zero-order chi connectivity index (χ0) is 28.5. The fraction of sp³-hybridized carbons (Fsp3) is 0.500. The number of carbonyl (C=O) groups is 4. The fourth-order valence-electron chi connectivity index (χ4n) is 4.57. The highest BCUT2D eigenvalue weighted by Crippen LogP contribution is 2.25. The van der Waals surface area contributed by atoms with Crippen LogP contribution in [0.3, 0.4) is 0 Å². The van der Waals surface area contributed by atoms with Gasteiger partial charge in [-0.15, -0.1) is 0 Å². The minimum atomic E-state index is -0.587. The predicted molar refractivity (Wildman–Crippen MR) is 149 cm³/mol. The van der Waals surface area contributed by atoms with Crippen LogP contribution in [0.5, 0.6) is 0 Å². The minimum absolute atomic E-state index is 0.00831. The summed E-state index contributed by atoms with van der Waals surface area (Å²) < 4.78 is 7.69. The molecule has 2 aliphatic rings. The van der Waals surface area contributed by atoms with Crippen LogP contribution in [0.15, 0.2) is 29.0 Å². The van der Waals surface area contributed by atoms with Gasteiger partial charge in [0.2, 0.25) is 5.91 Å². The summed E-state index contributed by atoms with van der Waals surface area (Å²) in [4.78, 5) is 60.2. The summed E-state index contributed by atoms with van der Waals surface area (Å²) in [6.07, 6.45) is 1.72. The Balaban J connectivity index is 1.30. The number of hydrogen-bond donors (Lipinski definition) is 1. The Hall–Kier alpha value is -3.12. The average molecular weight is 624 g/mol. The van der Waals surface area contributed by atoms with Crippen LogP contribution in [-0.2, 0) is 16.6 Å². The number of hydrogen-bond acceptors (Lipinski definition) is 6. The molecule has 2 aliphatic heterocycles. The lowest BCUT2D eigenvalue weighted by Gasteiger charge is -2.36. The van der Waals surface area contributed by atoms with E-state index in [1.54, 1.807) is 38.4 Å². The number of nitrogens with zero attached hydrogens (tertiary/aromatic N) is 5. The first kappa shape index (κ1) is 28.9. The van der Waals surface area contributed by atoms with Crippen molar-refractivity contribution in [1.29, 1.82) is 0 Å². The highest BCUT2D eigenvalue weighted by molar-refractivity contribution is 9.10. The maximum atomic E-state index is 13.2. The SMILES string of the molecule is Cn1c(Br)cnc1C(=O)Nc1ccc(C(=O)N2CCN(C(=O)C3CCN(C(=O)OC(C)(C)C)C3)CC2)c(Cl)c1. The van der Waals surface area contributed by atoms with Crippen molar-refractivity contribution in [3.05, 3.63) is 45.4 Å². The van der Waals surface area contributed by atoms with Crippen molar-refractivity contribution in [2.75, 3.05) is 44.6 Å². The minimum Gasteiger partial charge on any atom is -0.444 e. The molecule has 2 saturated heterocycles. The van der Waals surface area contributed by atoms with Crippen molar-refractivity contribution in [3.63, 3.8) is 0 Å². The van der Waals surface area contributed by atoms with E-state index in [0.29, 0.717) is 61.5 Å². The van der Waals surface area contributed by atoms with Gasteiger partial charge in [0.25, 0.3) is 11.8 Å². The Bertz CT molecular complexity index is 1280.